The SMILES string of the molecule is CC(O/N=[N+](\[O-])N1CCC(O)C1)N1C(=O)c2ccccc2C1=O. The van der Waals surface area contributed by atoms with Gasteiger partial charge in [-0.25, -0.2) is 4.90 Å². The van der Waals surface area contributed by atoms with Crippen LogP contribution >= 0.6 is 0 Å². The summed E-state index contributed by atoms with van der Waals surface area (Å²) in [7, 11) is 0. The normalized spacial score (nSPS) is 22.5. The summed E-state index contributed by atoms with van der Waals surface area (Å²) in [5, 5.41) is 25.8. The van der Waals surface area contributed by atoms with Crippen LogP contribution in [0.3, 0.4) is 0 Å². The summed E-state index contributed by atoms with van der Waals surface area (Å²) in [5.74, 6) is -0.968. The number of fused-ring (bicyclic) bond motifs is 1. The Morgan fingerprint density at radius 2 is 1.96 bits per heavy atom. The number of aliphatic hydroxyl groups is 1. The lowest BCUT2D eigenvalue weighted by Gasteiger charge is -2.19. The molecule has 0 bridgehead atoms. The summed E-state index contributed by atoms with van der Waals surface area (Å²) in [5.41, 5.74) is 0.601. The molecule has 9 heteroatoms. The number of carbonyl (C=O) groups excluding carboxylic acids is 2. The summed E-state index contributed by atoms with van der Waals surface area (Å²) in [4.78, 5) is 30.6. The van der Waals surface area contributed by atoms with Gasteiger partial charge in [0.2, 0.25) is 11.5 Å². The first-order valence-electron chi connectivity index (χ1n) is 7.23. The van der Waals surface area contributed by atoms with E-state index in [0.29, 0.717) is 24.1 Å². The molecule has 3 rings (SSSR count). The first-order valence-corrected chi connectivity index (χ1v) is 7.23. The van der Waals surface area contributed by atoms with Gasteiger partial charge in [-0.3, -0.25) is 9.59 Å². The van der Waals surface area contributed by atoms with E-state index in [-0.39, 0.29) is 11.5 Å². The van der Waals surface area contributed by atoms with Crippen molar-refractivity contribution in [2.45, 2.75) is 25.7 Å². The van der Waals surface area contributed by atoms with Crippen LogP contribution in [0.5, 0.6) is 0 Å². The van der Waals surface area contributed by atoms with E-state index in [0.717, 1.165) is 4.90 Å². The smallest absolute Gasteiger partial charge is 0.264 e. The van der Waals surface area contributed by atoms with Crippen LogP contribution in [0.2, 0.25) is 0 Å². The minimum Gasteiger partial charge on any atom is -0.569 e. The highest BCUT2D eigenvalue weighted by molar-refractivity contribution is 6.21. The maximum atomic E-state index is 12.2. The molecule has 1 N–H and O–H groups in total. The van der Waals surface area contributed by atoms with Crippen LogP contribution < -0.4 is 0 Å². The third kappa shape index (κ3) is 2.70. The van der Waals surface area contributed by atoms with Crippen LogP contribution in [-0.2, 0) is 4.84 Å². The van der Waals surface area contributed by atoms with Crippen molar-refractivity contribution in [2.75, 3.05) is 13.1 Å². The Labute approximate surface area is 131 Å². The van der Waals surface area contributed by atoms with Gasteiger partial charge in [-0.1, -0.05) is 12.1 Å². The van der Waals surface area contributed by atoms with E-state index in [9.17, 15) is 19.9 Å². The summed E-state index contributed by atoms with van der Waals surface area (Å²) in [6.07, 6.45) is -1.12. The molecule has 0 spiro atoms. The quantitative estimate of drug-likeness (QED) is 0.375. The summed E-state index contributed by atoms with van der Waals surface area (Å²) in [6.45, 7) is 1.98. The molecule has 2 aliphatic rings. The first-order chi connectivity index (χ1) is 11.0. The van der Waals surface area contributed by atoms with Crippen LogP contribution in [0.15, 0.2) is 29.5 Å². The van der Waals surface area contributed by atoms with Gasteiger partial charge in [0.1, 0.15) is 6.54 Å². The topological polar surface area (TPSA) is 109 Å². The van der Waals surface area contributed by atoms with Gasteiger partial charge in [0.05, 0.1) is 28.7 Å². The highest BCUT2D eigenvalue weighted by Crippen LogP contribution is 2.24. The number of hydrazine groups is 1. The number of imide groups is 1. The van der Waals surface area contributed by atoms with Crippen molar-refractivity contribution in [3.8, 4) is 0 Å². The predicted molar refractivity (Wildman–Crippen MR) is 75.7 cm³/mol. The van der Waals surface area contributed by atoms with Gasteiger partial charge in [0, 0.05) is 0 Å². The second kappa shape index (κ2) is 5.84. The molecule has 2 aliphatic heterocycles. The fraction of sp³-hybridized carbons (Fsp3) is 0.429. The van der Waals surface area contributed by atoms with Crippen LogP contribution in [0, 0.1) is 5.21 Å². The van der Waals surface area contributed by atoms with Crippen molar-refractivity contribution in [2.24, 2.45) is 5.28 Å². The molecule has 122 valence electrons. The van der Waals surface area contributed by atoms with Crippen LogP contribution in [-0.4, -0.2) is 57.2 Å². The standard InChI is InChI=1S/C14H16N4O5/c1-9(23-15-18(22)16-7-6-10(19)8-16)17-13(20)11-4-2-3-5-12(11)14(17)21/h2-5,9-10,19H,6-8H2,1H3/b18-15-. The molecule has 2 heterocycles. The maximum Gasteiger partial charge on any atom is 0.264 e. The van der Waals surface area contributed by atoms with E-state index in [4.69, 9.17) is 4.84 Å². The summed E-state index contributed by atoms with van der Waals surface area (Å²) < 4.78 is 0. The number of amides is 2. The van der Waals surface area contributed by atoms with Gasteiger partial charge in [-0.05, 0) is 25.5 Å². The van der Waals surface area contributed by atoms with Crippen molar-refractivity contribution in [1.29, 1.82) is 0 Å². The molecule has 1 fully saturated rings. The number of hydrogen-bond donors (Lipinski definition) is 1. The van der Waals surface area contributed by atoms with Gasteiger partial charge in [0.15, 0.2) is 0 Å². The second-order valence-corrected chi connectivity index (χ2v) is 5.42. The highest BCUT2D eigenvalue weighted by Gasteiger charge is 2.39. The molecule has 0 saturated carbocycles. The zero-order valence-electron chi connectivity index (χ0n) is 12.5. The van der Waals surface area contributed by atoms with Crippen molar-refractivity contribution >= 4 is 11.8 Å². The third-order valence-electron chi connectivity index (χ3n) is 3.84. The van der Waals surface area contributed by atoms with E-state index in [1.807, 2.05) is 0 Å². The van der Waals surface area contributed by atoms with E-state index >= 15 is 0 Å². The molecule has 0 aliphatic carbocycles. The van der Waals surface area contributed by atoms with Crippen molar-refractivity contribution in [1.82, 2.24) is 9.91 Å². The third-order valence-corrected chi connectivity index (χ3v) is 3.84. The van der Waals surface area contributed by atoms with Gasteiger partial charge in [0.25, 0.3) is 11.8 Å². The number of benzene rings is 1. The monoisotopic (exact) mass is 320 g/mol. The maximum absolute atomic E-state index is 12.2. The van der Waals surface area contributed by atoms with Gasteiger partial charge >= 0.3 is 0 Å². The largest absolute Gasteiger partial charge is 0.569 e. The summed E-state index contributed by atoms with van der Waals surface area (Å²) in [6, 6.07) is 6.46. The number of β-amino-alcohol motifs (C(OH)–C–C–N with tert-alkyl or cyclic N) is 1. The molecule has 0 aromatic heterocycles. The number of carbonyl (C=O) groups is 2. The molecule has 1 aromatic carbocycles. The second-order valence-electron chi connectivity index (χ2n) is 5.42. The fourth-order valence-corrected chi connectivity index (χ4v) is 2.62. The van der Waals surface area contributed by atoms with Crippen LogP contribution in [0.4, 0.5) is 0 Å². The Morgan fingerprint density at radius 3 is 2.48 bits per heavy atom. The van der Waals surface area contributed by atoms with Crippen LogP contribution in [0.1, 0.15) is 34.1 Å². The molecule has 2 atom stereocenters. The highest BCUT2D eigenvalue weighted by atomic mass is 16.7. The van der Waals surface area contributed by atoms with Crippen molar-refractivity contribution < 1.29 is 24.5 Å². The minimum absolute atomic E-state index is 0.164. The molecule has 0 radical (unpaired) electrons. The Hall–Kier alpha value is -2.68. The lowest BCUT2D eigenvalue weighted by atomic mass is 10.1. The molecule has 2 amide bonds. The number of aliphatic hydroxyl groups excluding tert-OH is 1. The average molecular weight is 320 g/mol. The summed E-state index contributed by atoms with van der Waals surface area (Å²) >= 11 is 0. The first kappa shape index (κ1) is 15.2. The fourth-order valence-electron chi connectivity index (χ4n) is 2.62. The number of rotatable bonds is 4. The Morgan fingerprint density at radius 1 is 1.35 bits per heavy atom. The van der Waals surface area contributed by atoms with Gasteiger partial charge in [-0.2, -0.15) is 0 Å². The van der Waals surface area contributed by atoms with E-state index < -0.39 is 24.1 Å². The molecular weight excluding hydrogens is 304 g/mol. The Balaban J connectivity index is 1.69. The van der Waals surface area contributed by atoms with Gasteiger partial charge in [-0.15, -0.1) is 5.01 Å². The molecule has 1 saturated heterocycles. The molecule has 9 nitrogen and oxygen atoms in total. The average Bonchev–Trinajstić information content (AvgIpc) is 3.08. The number of hydrogen-bond acceptors (Lipinski definition) is 6. The zero-order valence-corrected chi connectivity index (χ0v) is 12.5. The Bertz CT molecular complexity index is 642. The lowest BCUT2D eigenvalue weighted by molar-refractivity contribution is -0.709. The van der Waals surface area contributed by atoms with Crippen molar-refractivity contribution in [3.63, 3.8) is 0 Å². The predicted octanol–water partition coefficient (Wildman–Crippen LogP) is 0.504. The van der Waals surface area contributed by atoms with Gasteiger partial charge < -0.3 is 15.2 Å². The van der Waals surface area contributed by atoms with Crippen molar-refractivity contribution in [3.05, 3.63) is 40.6 Å². The molecular formula is C14H16N4O5. The molecule has 1 aromatic rings. The van der Waals surface area contributed by atoms with Crippen LogP contribution in [0.25, 0.3) is 0 Å². The van der Waals surface area contributed by atoms with E-state index in [1.54, 1.807) is 24.3 Å². The minimum atomic E-state index is -1.02. The number of nitrogens with zero attached hydrogens (tertiary/aromatic N) is 4. The zero-order chi connectivity index (χ0) is 16.6. The molecule has 23 heavy (non-hydrogen) atoms. The molecule has 2 unspecified atom stereocenters. The Kier molecular flexibility index (Phi) is 3.87. The van der Waals surface area contributed by atoms with E-state index in [1.165, 1.54) is 11.9 Å². The lowest BCUT2D eigenvalue weighted by Crippen LogP contribution is -2.39. The van der Waals surface area contributed by atoms with E-state index in [2.05, 4.69) is 5.28 Å².